The minimum Gasteiger partial charge on any atom is -0.383 e. The number of hydrogen-bond donors (Lipinski definition) is 1. The van der Waals surface area contributed by atoms with Gasteiger partial charge in [-0.3, -0.25) is 9.78 Å². The molecule has 0 radical (unpaired) electrons. The Morgan fingerprint density at radius 1 is 1.42 bits per heavy atom. The van der Waals surface area contributed by atoms with E-state index < -0.39 is 0 Å². The van der Waals surface area contributed by atoms with E-state index in [1.807, 2.05) is 18.3 Å². The molecule has 0 saturated heterocycles. The molecular formula is C14H16N4O. The number of anilines is 1. The molecule has 2 aromatic heterocycles. The van der Waals surface area contributed by atoms with Crippen molar-refractivity contribution in [1.82, 2.24) is 14.8 Å². The van der Waals surface area contributed by atoms with E-state index in [9.17, 15) is 4.79 Å². The molecule has 1 N–H and O–H groups in total. The van der Waals surface area contributed by atoms with Crippen LogP contribution in [0.1, 0.15) is 17.7 Å². The fourth-order valence-electron chi connectivity index (χ4n) is 2.29. The molecule has 0 amide bonds. The maximum atomic E-state index is 12.0. The Hall–Kier alpha value is -2.17. The maximum absolute atomic E-state index is 12.0. The van der Waals surface area contributed by atoms with Gasteiger partial charge in [0, 0.05) is 31.5 Å². The van der Waals surface area contributed by atoms with Gasteiger partial charge in [-0.25, -0.2) is 4.68 Å². The van der Waals surface area contributed by atoms with Crippen molar-refractivity contribution < 1.29 is 0 Å². The lowest BCUT2D eigenvalue weighted by atomic mass is 10.1. The van der Waals surface area contributed by atoms with E-state index in [-0.39, 0.29) is 5.56 Å². The molecule has 0 spiro atoms. The van der Waals surface area contributed by atoms with Crippen LogP contribution in [0.5, 0.6) is 0 Å². The Labute approximate surface area is 111 Å². The molecule has 0 aromatic carbocycles. The third-order valence-corrected chi connectivity index (χ3v) is 3.32. The summed E-state index contributed by atoms with van der Waals surface area (Å²) in [5, 5.41) is 7.67. The highest BCUT2D eigenvalue weighted by Crippen LogP contribution is 2.16. The second-order valence-electron chi connectivity index (χ2n) is 4.71. The summed E-state index contributed by atoms with van der Waals surface area (Å²) in [5.41, 5.74) is 2.97. The molecule has 5 heteroatoms. The number of hydrogen-bond acceptors (Lipinski definition) is 4. The number of aryl methyl sites for hydroxylation is 3. The number of fused-ring (bicyclic) bond motifs is 1. The maximum Gasteiger partial charge on any atom is 0.268 e. The zero-order valence-electron chi connectivity index (χ0n) is 10.7. The Morgan fingerprint density at radius 2 is 2.37 bits per heavy atom. The lowest BCUT2D eigenvalue weighted by Gasteiger charge is -2.17. The largest absolute Gasteiger partial charge is 0.383 e. The second kappa shape index (κ2) is 5.22. The van der Waals surface area contributed by atoms with Crippen LogP contribution in [0, 0.1) is 0 Å². The first-order chi connectivity index (χ1) is 9.33. The molecule has 0 unspecified atom stereocenters. The average molecular weight is 256 g/mol. The summed E-state index contributed by atoms with van der Waals surface area (Å²) < 4.78 is 1.55. The van der Waals surface area contributed by atoms with Gasteiger partial charge >= 0.3 is 0 Å². The van der Waals surface area contributed by atoms with Crippen LogP contribution in [0.3, 0.4) is 0 Å². The number of pyridine rings is 1. The minimum atomic E-state index is -0.0444. The summed E-state index contributed by atoms with van der Waals surface area (Å²) in [6, 6.07) is 5.57. The molecule has 0 aliphatic carbocycles. The van der Waals surface area contributed by atoms with Crippen molar-refractivity contribution in [2.75, 3.05) is 11.9 Å². The Morgan fingerprint density at radius 3 is 3.21 bits per heavy atom. The van der Waals surface area contributed by atoms with Crippen molar-refractivity contribution >= 4 is 5.69 Å². The zero-order chi connectivity index (χ0) is 13.1. The third-order valence-electron chi connectivity index (χ3n) is 3.32. The summed E-state index contributed by atoms with van der Waals surface area (Å²) in [7, 11) is 0. The molecule has 3 rings (SSSR count). The Bertz CT molecular complexity index is 621. The summed E-state index contributed by atoms with van der Waals surface area (Å²) in [6.45, 7) is 1.52. The molecule has 0 fully saturated rings. The quantitative estimate of drug-likeness (QED) is 0.897. The van der Waals surface area contributed by atoms with Gasteiger partial charge < -0.3 is 5.32 Å². The predicted octanol–water partition coefficient (Wildman–Crippen LogP) is 1.24. The smallest absolute Gasteiger partial charge is 0.268 e. The van der Waals surface area contributed by atoms with Crippen LogP contribution in [0.4, 0.5) is 5.69 Å². The van der Waals surface area contributed by atoms with E-state index >= 15 is 0 Å². The highest BCUT2D eigenvalue weighted by molar-refractivity contribution is 5.48. The third kappa shape index (κ3) is 2.65. The number of nitrogens with one attached hydrogen (secondary N) is 1. The predicted molar refractivity (Wildman–Crippen MR) is 73.2 cm³/mol. The van der Waals surface area contributed by atoms with Crippen LogP contribution in [-0.4, -0.2) is 21.3 Å². The first kappa shape index (κ1) is 11.9. The van der Waals surface area contributed by atoms with Crippen LogP contribution in [0.15, 0.2) is 35.4 Å². The van der Waals surface area contributed by atoms with Crippen molar-refractivity contribution in [2.24, 2.45) is 0 Å². The lowest BCUT2D eigenvalue weighted by Crippen LogP contribution is -2.27. The Balaban J connectivity index is 1.79. The van der Waals surface area contributed by atoms with Crippen molar-refractivity contribution in [3.63, 3.8) is 0 Å². The minimum absolute atomic E-state index is 0.0444. The molecule has 0 saturated carbocycles. The molecule has 1 aliphatic rings. The van der Waals surface area contributed by atoms with Gasteiger partial charge in [-0.15, -0.1) is 0 Å². The molecule has 5 nitrogen and oxygen atoms in total. The van der Waals surface area contributed by atoms with E-state index in [1.165, 1.54) is 0 Å². The number of nitrogens with zero attached hydrogens (tertiary/aromatic N) is 3. The second-order valence-corrected chi connectivity index (χ2v) is 4.71. The van der Waals surface area contributed by atoms with Crippen molar-refractivity contribution in [1.29, 1.82) is 0 Å². The average Bonchev–Trinajstić information content (AvgIpc) is 2.46. The van der Waals surface area contributed by atoms with Crippen molar-refractivity contribution in [3.8, 4) is 0 Å². The number of rotatable bonds is 3. The lowest BCUT2D eigenvalue weighted by molar-refractivity contribution is 0.558. The van der Waals surface area contributed by atoms with Gasteiger partial charge in [0.15, 0.2) is 0 Å². The van der Waals surface area contributed by atoms with E-state index in [4.69, 9.17) is 0 Å². The molecule has 0 bridgehead atoms. The molecule has 1 aliphatic heterocycles. The van der Waals surface area contributed by atoms with Crippen LogP contribution < -0.4 is 10.9 Å². The van der Waals surface area contributed by atoms with Gasteiger partial charge in [0.2, 0.25) is 0 Å². The van der Waals surface area contributed by atoms with Crippen LogP contribution >= 0.6 is 0 Å². The fourth-order valence-corrected chi connectivity index (χ4v) is 2.29. The normalized spacial score (nSPS) is 13.7. The van der Waals surface area contributed by atoms with Crippen molar-refractivity contribution in [3.05, 3.63) is 52.2 Å². The van der Waals surface area contributed by atoms with Gasteiger partial charge in [0.25, 0.3) is 5.56 Å². The molecule has 3 heterocycles. The molecular weight excluding hydrogens is 240 g/mol. The van der Waals surface area contributed by atoms with Gasteiger partial charge in [0.1, 0.15) is 0 Å². The standard InChI is InChI=1S/C14H16N4O/c19-14-9-13-12(4-2-7-16-13)17-18(14)8-5-11-3-1-6-15-10-11/h1,3,6,9-10,16H,2,4-5,7-8H2. The first-order valence-corrected chi connectivity index (χ1v) is 6.57. The SMILES string of the molecule is O=c1cc2c(nn1CCc1cccnc1)CCCN2. The molecule has 98 valence electrons. The monoisotopic (exact) mass is 256 g/mol. The van der Waals surface area contributed by atoms with Crippen LogP contribution in [0.2, 0.25) is 0 Å². The van der Waals surface area contributed by atoms with Crippen LogP contribution in [0.25, 0.3) is 0 Å². The van der Waals surface area contributed by atoms with E-state index in [0.717, 1.165) is 42.8 Å². The summed E-state index contributed by atoms with van der Waals surface area (Å²) in [6.07, 6.45) is 6.35. The van der Waals surface area contributed by atoms with Gasteiger partial charge in [-0.1, -0.05) is 6.07 Å². The summed E-state index contributed by atoms with van der Waals surface area (Å²) >= 11 is 0. The zero-order valence-corrected chi connectivity index (χ0v) is 10.7. The number of aromatic nitrogens is 3. The first-order valence-electron chi connectivity index (χ1n) is 6.57. The summed E-state index contributed by atoms with van der Waals surface area (Å²) in [5.74, 6) is 0. The summed E-state index contributed by atoms with van der Waals surface area (Å²) in [4.78, 5) is 16.0. The van der Waals surface area contributed by atoms with Gasteiger partial charge in [-0.05, 0) is 30.9 Å². The van der Waals surface area contributed by atoms with Crippen molar-refractivity contribution in [2.45, 2.75) is 25.8 Å². The highest BCUT2D eigenvalue weighted by atomic mass is 16.1. The molecule has 0 atom stereocenters. The van der Waals surface area contributed by atoms with E-state index in [2.05, 4.69) is 15.4 Å². The van der Waals surface area contributed by atoms with E-state index in [1.54, 1.807) is 16.9 Å². The van der Waals surface area contributed by atoms with Gasteiger partial charge in [-0.2, -0.15) is 5.10 Å². The highest BCUT2D eigenvalue weighted by Gasteiger charge is 2.12. The molecule has 2 aromatic rings. The fraction of sp³-hybridized carbons (Fsp3) is 0.357. The topological polar surface area (TPSA) is 59.8 Å². The molecule has 19 heavy (non-hydrogen) atoms. The van der Waals surface area contributed by atoms with Crippen LogP contribution in [-0.2, 0) is 19.4 Å². The van der Waals surface area contributed by atoms with Gasteiger partial charge in [0.05, 0.1) is 11.4 Å². The Kier molecular flexibility index (Phi) is 3.27. The van der Waals surface area contributed by atoms with E-state index in [0.29, 0.717) is 6.54 Å².